The lowest BCUT2D eigenvalue weighted by Gasteiger charge is -2.24. The number of carbonyl (C=O) groups excluding carboxylic acids is 1. The Kier molecular flexibility index (Phi) is 6.57. The maximum atomic E-state index is 12.6. The molecule has 7 heteroatoms. The van der Waals surface area contributed by atoms with Gasteiger partial charge in [0.05, 0.1) is 24.3 Å². The van der Waals surface area contributed by atoms with E-state index in [0.717, 1.165) is 57.0 Å². The molecule has 5 aromatic rings. The highest BCUT2D eigenvalue weighted by Gasteiger charge is 2.20. The molecule has 0 amide bonds. The van der Waals surface area contributed by atoms with Gasteiger partial charge in [0.25, 0.3) is 0 Å². The van der Waals surface area contributed by atoms with E-state index in [-0.39, 0.29) is 6.10 Å². The lowest BCUT2D eigenvalue weighted by molar-refractivity contribution is 0.0254. The Balaban J connectivity index is 1.32. The molecule has 0 radical (unpaired) electrons. The lowest BCUT2D eigenvalue weighted by Crippen LogP contribution is -2.26. The first-order chi connectivity index (χ1) is 19.3. The average Bonchev–Trinajstić information content (AvgIpc) is 3.57. The third-order valence-corrected chi connectivity index (χ3v) is 7.13. The first kappa shape index (κ1) is 25.7. The maximum Gasteiger partial charge on any atom is 0.418 e. The van der Waals surface area contributed by atoms with E-state index in [4.69, 9.17) is 14.2 Å². The van der Waals surface area contributed by atoms with Crippen molar-refractivity contribution in [1.29, 1.82) is 5.26 Å². The van der Waals surface area contributed by atoms with Crippen LogP contribution in [0.25, 0.3) is 44.2 Å². The molecule has 1 aliphatic rings. The van der Waals surface area contributed by atoms with Crippen molar-refractivity contribution in [2.75, 3.05) is 13.2 Å². The minimum Gasteiger partial charge on any atom is -0.489 e. The number of nitrogens with zero attached hydrogens (tertiary/aromatic N) is 2. The monoisotopic (exact) mass is 533 g/mol. The van der Waals surface area contributed by atoms with Gasteiger partial charge < -0.3 is 19.2 Å². The van der Waals surface area contributed by atoms with Crippen LogP contribution in [0, 0.1) is 11.3 Å². The van der Waals surface area contributed by atoms with E-state index >= 15 is 0 Å². The fourth-order valence-corrected chi connectivity index (χ4v) is 5.20. The molecule has 0 aliphatic carbocycles. The summed E-state index contributed by atoms with van der Waals surface area (Å²) in [6.07, 6.45) is 3.08. The van der Waals surface area contributed by atoms with E-state index in [1.807, 2.05) is 69.3 Å². The predicted molar refractivity (Wildman–Crippen MR) is 155 cm³/mol. The molecule has 40 heavy (non-hydrogen) atoms. The molecule has 202 valence electrons. The molecule has 1 fully saturated rings. The summed E-state index contributed by atoms with van der Waals surface area (Å²) in [5, 5.41) is 11.9. The van der Waals surface area contributed by atoms with Crippen molar-refractivity contribution in [1.82, 2.24) is 9.55 Å². The summed E-state index contributed by atoms with van der Waals surface area (Å²) < 4.78 is 18.7. The normalized spacial score (nSPS) is 14.3. The molecular weight excluding hydrogens is 502 g/mol. The number of aromatic amines is 1. The molecule has 0 saturated carbocycles. The topological polar surface area (TPSA) is 89.3 Å². The van der Waals surface area contributed by atoms with Gasteiger partial charge in [-0.05, 0) is 79.9 Å². The molecule has 0 spiro atoms. The van der Waals surface area contributed by atoms with Crippen molar-refractivity contribution in [2.45, 2.75) is 45.3 Å². The molecule has 1 saturated heterocycles. The van der Waals surface area contributed by atoms with E-state index in [2.05, 4.69) is 29.3 Å². The van der Waals surface area contributed by atoms with Crippen LogP contribution in [0.3, 0.4) is 0 Å². The third-order valence-electron chi connectivity index (χ3n) is 7.13. The van der Waals surface area contributed by atoms with Crippen molar-refractivity contribution in [3.8, 4) is 34.2 Å². The van der Waals surface area contributed by atoms with Crippen molar-refractivity contribution in [2.24, 2.45) is 0 Å². The van der Waals surface area contributed by atoms with Crippen LogP contribution in [0.5, 0.6) is 5.75 Å². The average molecular weight is 534 g/mol. The van der Waals surface area contributed by atoms with Gasteiger partial charge >= 0.3 is 6.09 Å². The fraction of sp³-hybridized carbons (Fsp3) is 0.273. The number of rotatable bonds is 4. The molecule has 2 aromatic heterocycles. The predicted octanol–water partition coefficient (Wildman–Crippen LogP) is 7.67. The maximum absolute atomic E-state index is 12.6. The Hall–Kier alpha value is -4.54. The van der Waals surface area contributed by atoms with Gasteiger partial charge in [-0.3, -0.25) is 4.57 Å². The number of H-pyrrole nitrogens is 1. The lowest BCUT2D eigenvalue weighted by atomic mass is 9.99. The Labute approximate surface area is 232 Å². The number of hydrogen-bond acceptors (Lipinski definition) is 5. The van der Waals surface area contributed by atoms with Crippen LogP contribution in [0.4, 0.5) is 4.79 Å². The van der Waals surface area contributed by atoms with Gasteiger partial charge in [0.15, 0.2) is 0 Å². The van der Waals surface area contributed by atoms with Crippen molar-refractivity contribution in [3.05, 3.63) is 78.5 Å². The summed E-state index contributed by atoms with van der Waals surface area (Å²) in [5.74, 6) is 0.617. The summed E-state index contributed by atoms with van der Waals surface area (Å²) in [7, 11) is 0. The highest BCUT2D eigenvalue weighted by atomic mass is 16.6. The second kappa shape index (κ2) is 10.2. The van der Waals surface area contributed by atoms with Crippen LogP contribution in [0.15, 0.2) is 72.9 Å². The van der Waals surface area contributed by atoms with Crippen molar-refractivity contribution in [3.63, 3.8) is 0 Å². The second-order valence-corrected chi connectivity index (χ2v) is 11.1. The highest BCUT2D eigenvalue weighted by Crippen LogP contribution is 2.35. The first-order valence-corrected chi connectivity index (χ1v) is 13.5. The van der Waals surface area contributed by atoms with Crippen molar-refractivity contribution >= 4 is 27.9 Å². The number of nitriles is 1. The largest absolute Gasteiger partial charge is 0.489 e. The van der Waals surface area contributed by atoms with Crippen LogP contribution in [0.2, 0.25) is 0 Å². The van der Waals surface area contributed by atoms with Crippen LogP contribution >= 0.6 is 0 Å². The van der Waals surface area contributed by atoms with Gasteiger partial charge in [0, 0.05) is 41.0 Å². The summed E-state index contributed by atoms with van der Waals surface area (Å²) in [6, 6.07) is 24.3. The van der Waals surface area contributed by atoms with E-state index in [0.29, 0.717) is 24.5 Å². The van der Waals surface area contributed by atoms with E-state index in [1.54, 1.807) is 6.20 Å². The minimum absolute atomic E-state index is 0.0701. The van der Waals surface area contributed by atoms with Crippen molar-refractivity contribution < 1.29 is 19.0 Å². The second-order valence-electron chi connectivity index (χ2n) is 11.1. The number of aromatic nitrogens is 2. The molecule has 0 bridgehead atoms. The standard InChI is InChI=1S/C33H31N3O4/c1-33(2,3)40-32(37)36-14-11-23-18-22(7-9-30(23)36)29-19-27-26(5-4-6-28(27)35-29)21-8-10-31(24(17-21)20-34)39-25-12-15-38-16-13-25/h4-11,14,17-19,25,35H,12-13,15-16H2,1-3H3. The smallest absolute Gasteiger partial charge is 0.418 e. The fourth-order valence-electron chi connectivity index (χ4n) is 5.20. The Morgan fingerprint density at radius 3 is 2.60 bits per heavy atom. The van der Waals surface area contributed by atoms with E-state index in [1.165, 1.54) is 4.57 Å². The summed E-state index contributed by atoms with van der Waals surface area (Å²) >= 11 is 0. The van der Waals surface area contributed by atoms with Gasteiger partial charge in [0.2, 0.25) is 0 Å². The van der Waals surface area contributed by atoms with Gasteiger partial charge in [-0.2, -0.15) is 5.26 Å². The zero-order valence-corrected chi connectivity index (χ0v) is 22.9. The number of hydrogen-bond donors (Lipinski definition) is 1. The molecule has 3 aromatic carbocycles. The minimum atomic E-state index is -0.568. The Morgan fingerprint density at radius 2 is 1.82 bits per heavy atom. The van der Waals surface area contributed by atoms with Crippen LogP contribution in [0.1, 0.15) is 39.2 Å². The van der Waals surface area contributed by atoms with E-state index < -0.39 is 11.7 Å². The van der Waals surface area contributed by atoms with Crippen LogP contribution in [-0.2, 0) is 9.47 Å². The summed E-state index contributed by atoms with van der Waals surface area (Å²) in [6.45, 7) is 6.94. The molecule has 0 atom stereocenters. The number of nitrogens with one attached hydrogen (secondary N) is 1. The number of carbonyl (C=O) groups is 1. The Bertz CT molecular complexity index is 1760. The molecule has 0 unspecified atom stereocenters. The van der Waals surface area contributed by atoms with Gasteiger partial charge in [-0.15, -0.1) is 0 Å². The molecule has 7 nitrogen and oxygen atoms in total. The SMILES string of the molecule is CC(C)(C)OC(=O)n1ccc2cc(-c3cc4c(-c5ccc(OC6CCOCC6)c(C#N)c5)cccc4[nH]3)ccc21. The first-order valence-electron chi connectivity index (χ1n) is 13.5. The number of benzene rings is 3. The number of ether oxygens (including phenoxy) is 3. The molecule has 1 N–H and O–H groups in total. The van der Waals surface area contributed by atoms with Gasteiger partial charge in [0.1, 0.15) is 23.5 Å². The zero-order valence-electron chi connectivity index (χ0n) is 22.9. The summed E-state index contributed by atoms with van der Waals surface area (Å²) in [5.41, 5.74) is 5.72. The number of fused-ring (bicyclic) bond motifs is 2. The van der Waals surface area contributed by atoms with Crippen LogP contribution in [-0.4, -0.2) is 40.6 Å². The van der Waals surface area contributed by atoms with Crippen LogP contribution < -0.4 is 4.74 Å². The van der Waals surface area contributed by atoms with Gasteiger partial charge in [-0.25, -0.2) is 4.79 Å². The summed E-state index contributed by atoms with van der Waals surface area (Å²) in [4.78, 5) is 16.2. The molecule has 1 aliphatic heterocycles. The third kappa shape index (κ3) is 5.06. The Morgan fingerprint density at radius 1 is 1.02 bits per heavy atom. The van der Waals surface area contributed by atoms with Gasteiger partial charge in [-0.1, -0.05) is 24.3 Å². The molecular formula is C33H31N3O4. The van der Waals surface area contributed by atoms with E-state index in [9.17, 15) is 10.1 Å². The molecule has 3 heterocycles. The zero-order chi connectivity index (χ0) is 27.9. The highest BCUT2D eigenvalue weighted by molar-refractivity contribution is 5.99. The quantitative estimate of drug-likeness (QED) is 0.256. The molecule has 6 rings (SSSR count).